The number of anilines is 2. The second-order valence-electron chi connectivity index (χ2n) is 5.41. The number of para-hydroxylation sites is 2. The lowest BCUT2D eigenvalue weighted by molar-refractivity contribution is -0.383. The van der Waals surface area contributed by atoms with Crippen molar-refractivity contribution in [3.8, 4) is 0 Å². The van der Waals surface area contributed by atoms with E-state index in [0.29, 0.717) is 11.6 Å². The first-order chi connectivity index (χ1) is 10.1. The van der Waals surface area contributed by atoms with Crippen LogP contribution in [-0.4, -0.2) is 11.5 Å². The second-order valence-corrected chi connectivity index (χ2v) is 5.82. The molecule has 1 atom stereocenters. The van der Waals surface area contributed by atoms with Crippen molar-refractivity contribution in [3.05, 3.63) is 63.2 Å². The highest BCUT2D eigenvalue weighted by molar-refractivity contribution is 6.33. The van der Waals surface area contributed by atoms with Crippen LogP contribution in [0.4, 0.5) is 17.1 Å². The van der Waals surface area contributed by atoms with Crippen molar-refractivity contribution in [3.63, 3.8) is 0 Å². The third kappa shape index (κ3) is 2.47. The van der Waals surface area contributed by atoms with E-state index in [0.717, 1.165) is 18.7 Å². The van der Waals surface area contributed by atoms with Crippen LogP contribution >= 0.6 is 11.6 Å². The van der Waals surface area contributed by atoms with Crippen molar-refractivity contribution in [2.45, 2.75) is 13.3 Å². The van der Waals surface area contributed by atoms with Crippen LogP contribution < -0.4 is 4.90 Å². The molecule has 4 nitrogen and oxygen atoms in total. The lowest BCUT2D eigenvalue weighted by Gasteiger charge is -2.34. The second kappa shape index (κ2) is 5.37. The summed E-state index contributed by atoms with van der Waals surface area (Å²) in [6, 6.07) is 13.1. The Balaban J connectivity index is 2.18. The Morgan fingerprint density at radius 1 is 1.19 bits per heavy atom. The highest BCUT2D eigenvalue weighted by Gasteiger charge is 2.29. The highest BCUT2D eigenvalue weighted by Crippen LogP contribution is 2.42. The molecule has 2 aromatic rings. The lowest BCUT2D eigenvalue weighted by Crippen LogP contribution is -2.30. The molecular formula is C16H15ClN2O2. The molecule has 1 unspecified atom stereocenters. The zero-order chi connectivity index (χ0) is 15.0. The summed E-state index contributed by atoms with van der Waals surface area (Å²) in [7, 11) is 0. The van der Waals surface area contributed by atoms with Gasteiger partial charge in [0.25, 0.3) is 0 Å². The zero-order valence-corrected chi connectivity index (χ0v) is 12.4. The molecule has 0 bridgehead atoms. The quantitative estimate of drug-likeness (QED) is 0.602. The Labute approximate surface area is 128 Å². The SMILES string of the molecule is CC1Cc2ccccc2N(c2cccc(Cl)c2[N+](=O)[O-])C1. The molecule has 0 radical (unpaired) electrons. The zero-order valence-electron chi connectivity index (χ0n) is 11.6. The summed E-state index contributed by atoms with van der Waals surface area (Å²) < 4.78 is 0. The maximum absolute atomic E-state index is 11.4. The third-order valence-electron chi connectivity index (χ3n) is 3.78. The van der Waals surface area contributed by atoms with Gasteiger partial charge in [0.1, 0.15) is 10.7 Å². The molecule has 0 amide bonds. The van der Waals surface area contributed by atoms with Crippen molar-refractivity contribution in [2.75, 3.05) is 11.4 Å². The summed E-state index contributed by atoms with van der Waals surface area (Å²) in [5.74, 6) is 0.429. The van der Waals surface area contributed by atoms with Crippen LogP contribution in [0.1, 0.15) is 12.5 Å². The molecule has 0 saturated heterocycles. The van der Waals surface area contributed by atoms with E-state index in [1.807, 2.05) is 23.1 Å². The van der Waals surface area contributed by atoms with Gasteiger partial charge in [-0.25, -0.2) is 0 Å². The first kappa shape index (κ1) is 13.9. The van der Waals surface area contributed by atoms with Gasteiger partial charge in [-0.15, -0.1) is 0 Å². The Morgan fingerprint density at radius 3 is 2.67 bits per heavy atom. The number of halogens is 1. The van der Waals surface area contributed by atoms with Gasteiger partial charge in [0.15, 0.2) is 0 Å². The number of fused-ring (bicyclic) bond motifs is 1. The molecule has 5 heteroatoms. The van der Waals surface area contributed by atoms with Gasteiger partial charge in [0.05, 0.1) is 4.92 Å². The minimum atomic E-state index is -0.403. The van der Waals surface area contributed by atoms with E-state index >= 15 is 0 Å². The molecule has 0 spiro atoms. The van der Waals surface area contributed by atoms with Crippen LogP contribution in [0.15, 0.2) is 42.5 Å². The van der Waals surface area contributed by atoms with E-state index in [9.17, 15) is 10.1 Å². The van der Waals surface area contributed by atoms with Crippen LogP contribution in [0, 0.1) is 16.0 Å². The number of nitro benzene ring substituents is 1. The number of benzene rings is 2. The molecule has 0 saturated carbocycles. The standard InChI is InChI=1S/C16H15ClN2O2/c1-11-9-12-5-2-3-7-14(12)18(10-11)15-8-4-6-13(17)16(15)19(20)21/h2-8,11H,9-10H2,1H3. The van der Waals surface area contributed by atoms with E-state index in [2.05, 4.69) is 13.0 Å². The maximum Gasteiger partial charge on any atom is 0.311 e. The van der Waals surface area contributed by atoms with Gasteiger partial charge < -0.3 is 4.90 Å². The van der Waals surface area contributed by atoms with Gasteiger partial charge in [0, 0.05) is 12.2 Å². The summed E-state index contributed by atoms with van der Waals surface area (Å²) in [6.45, 7) is 2.90. The maximum atomic E-state index is 11.4. The van der Waals surface area contributed by atoms with E-state index in [4.69, 9.17) is 11.6 Å². The molecule has 1 aliphatic rings. The molecule has 21 heavy (non-hydrogen) atoms. The van der Waals surface area contributed by atoms with E-state index in [1.54, 1.807) is 18.2 Å². The Hall–Kier alpha value is -2.07. The fraction of sp³-hybridized carbons (Fsp3) is 0.250. The Kier molecular flexibility index (Phi) is 3.55. The van der Waals surface area contributed by atoms with Gasteiger partial charge in [-0.3, -0.25) is 10.1 Å². The lowest BCUT2D eigenvalue weighted by atomic mass is 9.93. The molecule has 0 aromatic heterocycles. The number of hydrogen-bond acceptors (Lipinski definition) is 3. The topological polar surface area (TPSA) is 46.4 Å². The van der Waals surface area contributed by atoms with Crippen LogP contribution in [0.3, 0.4) is 0 Å². The number of nitrogens with zero attached hydrogens (tertiary/aromatic N) is 2. The molecule has 2 aromatic carbocycles. The monoisotopic (exact) mass is 302 g/mol. The molecule has 0 aliphatic carbocycles. The molecule has 1 heterocycles. The minimum Gasteiger partial charge on any atom is -0.335 e. The number of rotatable bonds is 2. The molecule has 0 fully saturated rings. The Bertz CT molecular complexity index is 702. The van der Waals surface area contributed by atoms with Crippen LogP contribution in [0.5, 0.6) is 0 Å². The Morgan fingerprint density at radius 2 is 1.90 bits per heavy atom. The highest BCUT2D eigenvalue weighted by atomic mass is 35.5. The van der Waals surface area contributed by atoms with Crippen molar-refractivity contribution in [1.82, 2.24) is 0 Å². The fourth-order valence-corrected chi connectivity index (χ4v) is 3.17. The predicted octanol–water partition coefficient (Wildman–Crippen LogP) is 4.58. The largest absolute Gasteiger partial charge is 0.335 e. The van der Waals surface area contributed by atoms with Gasteiger partial charge in [-0.2, -0.15) is 0 Å². The third-order valence-corrected chi connectivity index (χ3v) is 4.09. The van der Waals surface area contributed by atoms with Crippen molar-refractivity contribution in [1.29, 1.82) is 0 Å². The molecule has 1 aliphatic heterocycles. The molecular weight excluding hydrogens is 288 g/mol. The first-order valence-corrected chi connectivity index (χ1v) is 7.24. The van der Waals surface area contributed by atoms with Gasteiger partial charge >= 0.3 is 5.69 Å². The summed E-state index contributed by atoms with van der Waals surface area (Å²) in [6.07, 6.45) is 0.987. The normalized spacial score (nSPS) is 17.4. The average molecular weight is 303 g/mol. The molecule has 108 valence electrons. The van der Waals surface area contributed by atoms with Crippen LogP contribution in [-0.2, 0) is 6.42 Å². The van der Waals surface area contributed by atoms with Crippen LogP contribution in [0.25, 0.3) is 0 Å². The van der Waals surface area contributed by atoms with E-state index < -0.39 is 4.92 Å². The summed E-state index contributed by atoms with van der Waals surface area (Å²) in [5.41, 5.74) is 2.78. The molecule has 3 rings (SSSR count). The van der Waals surface area contributed by atoms with Crippen molar-refractivity contribution >= 4 is 28.7 Å². The summed E-state index contributed by atoms with van der Waals surface area (Å²) >= 11 is 6.04. The first-order valence-electron chi connectivity index (χ1n) is 6.86. The van der Waals surface area contributed by atoms with Gasteiger partial charge in [-0.1, -0.05) is 42.8 Å². The van der Waals surface area contributed by atoms with Gasteiger partial charge in [0.2, 0.25) is 0 Å². The number of hydrogen-bond donors (Lipinski definition) is 0. The van der Waals surface area contributed by atoms with Crippen molar-refractivity contribution in [2.24, 2.45) is 5.92 Å². The number of nitro groups is 1. The molecule has 0 N–H and O–H groups in total. The predicted molar refractivity (Wildman–Crippen MR) is 84.4 cm³/mol. The fourth-order valence-electron chi connectivity index (χ4n) is 2.93. The average Bonchev–Trinajstić information content (AvgIpc) is 2.45. The van der Waals surface area contributed by atoms with Gasteiger partial charge in [-0.05, 0) is 36.1 Å². The minimum absolute atomic E-state index is 0.0249. The van der Waals surface area contributed by atoms with E-state index in [-0.39, 0.29) is 10.7 Å². The van der Waals surface area contributed by atoms with E-state index in [1.165, 1.54) is 5.56 Å². The van der Waals surface area contributed by atoms with Crippen molar-refractivity contribution < 1.29 is 4.92 Å². The summed E-state index contributed by atoms with van der Waals surface area (Å²) in [5, 5.41) is 11.5. The van der Waals surface area contributed by atoms with Crippen LogP contribution in [0.2, 0.25) is 5.02 Å². The smallest absolute Gasteiger partial charge is 0.311 e. The summed E-state index contributed by atoms with van der Waals surface area (Å²) in [4.78, 5) is 13.0.